The third kappa shape index (κ3) is 6.62. The maximum absolute atomic E-state index is 13.5. The lowest BCUT2D eigenvalue weighted by atomic mass is 9.97. The molecule has 1 aliphatic rings. The van der Waals surface area contributed by atoms with Crippen molar-refractivity contribution in [1.29, 1.82) is 0 Å². The Labute approximate surface area is 256 Å². The maximum atomic E-state index is 13.5. The molecule has 1 aliphatic carbocycles. The second kappa shape index (κ2) is 12.1. The van der Waals surface area contributed by atoms with E-state index in [0.29, 0.717) is 17.1 Å². The molecule has 2 aromatic heterocycles. The molecule has 0 unspecified atom stereocenters. The Morgan fingerprint density at radius 1 is 0.844 bits per heavy atom. The number of rotatable bonds is 7. The summed E-state index contributed by atoms with van der Waals surface area (Å²) in [5.41, 5.74) is 11.4. The molecule has 2 heterocycles. The number of fused-ring (bicyclic) bond motifs is 1. The first kappa shape index (κ1) is 29.4. The number of hydrogen-bond acceptors (Lipinski definition) is 6. The zero-order chi connectivity index (χ0) is 31.6. The number of aryl methyl sites for hydroxylation is 2. The SMILES string of the molecule is C=Cc1cnc(N)c(-c2ccc(Oc3ncc(NC(=O)Nc4cc(C(F)(F)F)ccc4-c4ccc5c(c4)CCC5)cn3)cc2)c1. The first-order valence-corrected chi connectivity index (χ1v) is 14.1. The summed E-state index contributed by atoms with van der Waals surface area (Å²) in [6, 6.07) is 17.4. The van der Waals surface area contributed by atoms with Crippen molar-refractivity contribution in [3.63, 3.8) is 0 Å². The minimum atomic E-state index is -4.57. The van der Waals surface area contributed by atoms with Gasteiger partial charge in [-0.15, -0.1) is 0 Å². The highest BCUT2D eigenvalue weighted by Crippen LogP contribution is 2.37. The van der Waals surface area contributed by atoms with E-state index in [1.54, 1.807) is 24.4 Å². The van der Waals surface area contributed by atoms with Crippen LogP contribution < -0.4 is 21.1 Å². The average molecular weight is 609 g/mol. The quantitative estimate of drug-likeness (QED) is 0.171. The third-order valence-electron chi connectivity index (χ3n) is 7.44. The first-order valence-electron chi connectivity index (χ1n) is 14.1. The predicted molar refractivity (Wildman–Crippen MR) is 168 cm³/mol. The van der Waals surface area contributed by atoms with Crippen LogP contribution in [0.15, 0.2) is 91.9 Å². The number of nitrogens with zero attached hydrogens (tertiary/aromatic N) is 3. The molecule has 6 rings (SSSR count). The van der Waals surface area contributed by atoms with Crippen LogP contribution in [0.3, 0.4) is 0 Å². The van der Waals surface area contributed by atoms with E-state index in [9.17, 15) is 18.0 Å². The average Bonchev–Trinajstić information content (AvgIpc) is 3.50. The number of nitrogens with one attached hydrogen (secondary N) is 2. The molecule has 0 saturated heterocycles. The van der Waals surface area contributed by atoms with Gasteiger partial charge in [0.05, 0.1) is 29.3 Å². The van der Waals surface area contributed by atoms with Crippen LogP contribution in [0, 0.1) is 0 Å². The third-order valence-corrected chi connectivity index (χ3v) is 7.44. The monoisotopic (exact) mass is 608 g/mol. The van der Waals surface area contributed by atoms with E-state index >= 15 is 0 Å². The molecule has 0 atom stereocenters. The first-order chi connectivity index (χ1) is 21.7. The summed E-state index contributed by atoms with van der Waals surface area (Å²) in [4.78, 5) is 25.3. The van der Waals surface area contributed by atoms with Gasteiger partial charge in [-0.25, -0.2) is 19.7 Å². The van der Waals surface area contributed by atoms with Crippen LogP contribution in [0.1, 0.15) is 28.7 Å². The fourth-order valence-electron chi connectivity index (χ4n) is 5.18. The predicted octanol–water partition coefficient (Wildman–Crippen LogP) is 8.37. The molecule has 0 radical (unpaired) electrons. The molecule has 8 nitrogen and oxygen atoms in total. The Kier molecular flexibility index (Phi) is 7.91. The normalized spacial score (nSPS) is 12.3. The summed E-state index contributed by atoms with van der Waals surface area (Å²) in [5, 5.41) is 5.13. The molecular formula is C34H27F3N6O2. The number of pyridine rings is 1. The number of anilines is 3. The number of carbonyl (C=O) groups excluding carboxylic acids is 1. The van der Waals surface area contributed by atoms with Crippen molar-refractivity contribution in [3.8, 4) is 34.0 Å². The van der Waals surface area contributed by atoms with Crippen molar-refractivity contribution in [2.45, 2.75) is 25.4 Å². The van der Waals surface area contributed by atoms with E-state index in [1.807, 2.05) is 36.4 Å². The van der Waals surface area contributed by atoms with Gasteiger partial charge in [0.15, 0.2) is 0 Å². The van der Waals surface area contributed by atoms with Crippen LogP contribution in [-0.4, -0.2) is 21.0 Å². The number of aromatic nitrogens is 3. The number of alkyl halides is 3. The van der Waals surface area contributed by atoms with Gasteiger partial charge in [-0.2, -0.15) is 13.2 Å². The van der Waals surface area contributed by atoms with Gasteiger partial charge in [-0.05, 0) is 77.4 Å². The number of benzene rings is 3. The largest absolute Gasteiger partial charge is 0.424 e. The lowest BCUT2D eigenvalue weighted by molar-refractivity contribution is -0.137. The van der Waals surface area contributed by atoms with Crippen molar-refractivity contribution in [2.24, 2.45) is 0 Å². The Balaban J connectivity index is 1.14. The molecule has 0 saturated carbocycles. The molecule has 45 heavy (non-hydrogen) atoms. The van der Waals surface area contributed by atoms with Gasteiger partial charge >= 0.3 is 18.2 Å². The zero-order valence-corrected chi connectivity index (χ0v) is 23.9. The number of halogens is 3. The summed E-state index contributed by atoms with van der Waals surface area (Å²) in [6.07, 6.45) is 4.34. The lowest BCUT2D eigenvalue weighted by Crippen LogP contribution is -2.20. The van der Waals surface area contributed by atoms with Gasteiger partial charge < -0.3 is 21.1 Å². The molecule has 0 bridgehead atoms. The number of ether oxygens (including phenoxy) is 1. The summed E-state index contributed by atoms with van der Waals surface area (Å²) in [7, 11) is 0. The molecule has 0 fully saturated rings. The highest BCUT2D eigenvalue weighted by molar-refractivity contribution is 6.02. The van der Waals surface area contributed by atoms with Crippen LogP contribution in [0.2, 0.25) is 0 Å². The number of amides is 2. The van der Waals surface area contributed by atoms with Gasteiger partial charge in [-0.1, -0.05) is 49.1 Å². The number of nitrogens with two attached hydrogens (primary N) is 1. The number of hydrogen-bond donors (Lipinski definition) is 3. The van der Waals surface area contributed by atoms with Gasteiger partial charge in [-0.3, -0.25) is 0 Å². The second-order valence-corrected chi connectivity index (χ2v) is 10.5. The van der Waals surface area contributed by atoms with E-state index in [2.05, 4.69) is 32.2 Å². The minimum Gasteiger partial charge on any atom is -0.424 e. The van der Waals surface area contributed by atoms with Gasteiger partial charge in [0, 0.05) is 17.3 Å². The minimum absolute atomic E-state index is 0.0262. The van der Waals surface area contributed by atoms with Crippen LogP contribution in [0.5, 0.6) is 11.8 Å². The van der Waals surface area contributed by atoms with Crippen molar-refractivity contribution in [1.82, 2.24) is 15.0 Å². The Hall–Kier alpha value is -5.71. The molecule has 0 aliphatic heterocycles. The number of urea groups is 1. The number of carbonyl (C=O) groups is 1. The zero-order valence-electron chi connectivity index (χ0n) is 23.9. The summed E-state index contributed by atoms with van der Waals surface area (Å²) < 4.78 is 46.3. The van der Waals surface area contributed by atoms with E-state index in [-0.39, 0.29) is 17.4 Å². The maximum Gasteiger partial charge on any atom is 0.416 e. The van der Waals surface area contributed by atoms with E-state index in [1.165, 1.54) is 29.6 Å². The Morgan fingerprint density at radius 3 is 2.31 bits per heavy atom. The van der Waals surface area contributed by atoms with Gasteiger partial charge in [0.25, 0.3) is 0 Å². The van der Waals surface area contributed by atoms with E-state index in [4.69, 9.17) is 10.5 Å². The van der Waals surface area contributed by atoms with Gasteiger partial charge in [0.1, 0.15) is 11.6 Å². The lowest BCUT2D eigenvalue weighted by Gasteiger charge is -2.16. The van der Waals surface area contributed by atoms with Crippen molar-refractivity contribution >= 4 is 29.3 Å². The number of nitrogen functional groups attached to an aromatic ring is 1. The molecule has 3 aromatic carbocycles. The molecule has 4 N–H and O–H groups in total. The van der Waals surface area contributed by atoms with Crippen LogP contribution >= 0.6 is 0 Å². The molecule has 5 aromatic rings. The Bertz CT molecular complexity index is 1890. The molecular weight excluding hydrogens is 581 g/mol. The van der Waals surface area contributed by atoms with Crippen molar-refractivity contribution in [3.05, 3.63) is 114 Å². The second-order valence-electron chi connectivity index (χ2n) is 10.5. The van der Waals surface area contributed by atoms with Crippen molar-refractivity contribution in [2.75, 3.05) is 16.4 Å². The standard InChI is InChI=1S/C34H27F3N6O2/c1-2-20-14-29(31(38)39-17-20)22-8-11-27(12-9-22)45-33-40-18-26(19-41-33)42-32(44)43-30-16-25(34(35,36)37)10-13-28(30)24-7-6-21-4-3-5-23(21)15-24/h2,6-19H,1,3-5H2,(H2,38,39)(H2,42,43,44). The summed E-state index contributed by atoms with van der Waals surface area (Å²) in [6.45, 7) is 3.75. The fraction of sp³-hybridized carbons (Fsp3) is 0.118. The highest BCUT2D eigenvalue weighted by atomic mass is 19.4. The molecule has 226 valence electrons. The molecule has 11 heteroatoms. The smallest absolute Gasteiger partial charge is 0.416 e. The fourth-order valence-corrected chi connectivity index (χ4v) is 5.18. The van der Waals surface area contributed by atoms with Crippen LogP contribution in [-0.2, 0) is 19.0 Å². The molecule has 2 amide bonds. The molecule has 0 spiro atoms. The van der Waals surface area contributed by atoms with Crippen molar-refractivity contribution < 1.29 is 22.7 Å². The van der Waals surface area contributed by atoms with E-state index < -0.39 is 17.8 Å². The topological polar surface area (TPSA) is 115 Å². The Morgan fingerprint density at radius 2 is 1.58 bits per heavy atom. The highest BCUT2D eigenvalue weighted by Gasteiger charge is 2.31. The summed E-state index contributed by atoms with van der Waals surface area (Å²) in [5.74, 6) is 0.851. The van der Waals surface area contributed by atoms with E-state index in [0.717, 1.165) is 53.6 Å². The van der Waals surface area contributed by atoms with Crippen LogP contribution in [0.4, 0.5) is 35.2 Å². The van der Waals surface area contributed by atoms with Crippen LogP contribution in [0.25, 0.3) is 28.3 Å². The summed E-state index contributed by atoms with van der Waals surface area (Å²) >= 11 is 0. The van der Waals surface area contributed by atoms with Gasteiger partial charge in [0.2, 0.25) is 0 Å².